The molecule has 0 atom stereocenters. The van der Waals surface area contributed by atoms with Crippen LogP contribution in [0.2, 0.25) is 5.02 Å². The van der Waals surface area contributed by atoms with Gasteiger partial charge >= 0.3 is 0 Å². The molecule has 0 unspecified atom stereocenters. The number of nitrogens with one attached hydrogen (secondary N) is 1. The van der Waals surface area contributed by atoms with Crippen molar-refractivity contribution in [2.75, 3.05) is 0 Å². The monoisotopic (exact) mass is 247 g/mol. The van der Waals surface area contributed by atoms with Gasteiger partial charge in [0.15, 0.2) is 0 Å². The van der Waals surface area contributed by atoms with E-state index in [0.717, 1.165) is 17.7 Å². The van der Waals surface area contributed by atoms with Crippen molar-refractivity contribution in [2.45, 2.75) is 20.3 Å². The molecule has 2 aromatic rings. The summed E-state index contributed by atoms with van der Waals surface area (Å²) < 4.78 is 0. The number of carbonyl (C=O) groups is 1. The maximum Gasteiger partial charge on any atom is 0.209 e. The predicted octanol–water partition coefficient (Wildman–Crippen LogP) is 3.77. The second-order valence-corrected chi connectivity index (χ2v) is 4.48. The fourth-order valence-corrected chi connectivity index (χ4v) is 1.93. The molecule has 3 heteroatoms. The van der Waals surface area contributed by atoms with E-state index in [1.165, 1.54) is 0 Å². The molecule has 0 aliphatic heterocycles. The average Bonchev–Trinajstić information content (AvgIpc) is 2.71. The van der Waals surface area contributed by atoms with Crippen molar-refractivity contribution in [1.29, 1.82) is 0 Å². The number of aromatic nitrogens is 1. The van der Waals surface area contributed by atoms with Gasteiger partial charge in [0.25, 0.3) is 0 Å². The largest absolute Gasteiger partial charge is 0.356 e. The standard InChI is InChI=1S/C14H14ClNO/c1-3-12-8-9(2)13(16-12)14(17)10-4-6-11(15)7-5-10/h4-8,16H,3H2,1-2H3. The second-order valence-electron chi connectivity index (χ2n) is 4.04. The van der Waals surface area contributed by atoms with E-state index in [-0.39, 0.29) is 5.78 Å². The Morgan fingerprint density at radius 2 is 1.94 bits per heavy atom. The fourth-order valence-electron chi connectivity index (χ4n) is 1.80. The number of hydrogen-bond acceptors (Lipinski definition) is 1. The summed E-state index contributed by atoms with van der Waals surface area (Å²) in [6.07, 6.45) is 0.898. The number of halogens is 1. The van der Waals surface area contributed by atoms with Crippen LogP contribution in [-0.4, -0.2) is 10.8 Å². The van der Waals surface area contributed by atoms with E-state index in [0.29, 0.717) is 16.3 Å². The van der Waals surface area contributed by atoms with E-state index in [1.807, 2.05) is 13.0 Å². The molecule has 2 rings (SSSR count). The summed E-state index contributed by atoms with van der Waals surface area (Å²) in [5.41, 5.74) is 3.40. The van der Waals surface area contributed by atoms with Gasteiger partial charge in [-0.2, -0.15) is 0 Å². The molecule has 0 amide bonds. The van der Waals surface area contributed by atoms with Crippen LogP contribution in [0.3, 0.4) is 0 Å². The zero-order valence-electron chi connectivity index (χ0n) is 9.88. The second kappa shape index (κ2) is 4.76. The first-order valence-electron chi connectivity index (χ1n) is 5.60. The molecule has 0 aliphatic rings. The average molecular weight is 248 g/mol. The number of aryl methyl sites for hydroxylation is 2. The summed E-state index contributed by atoms with van der Waals surface area (Å²) in [4.78, 5) is 15.4. The zero-order chi connectivity index (χ0) is 12.4. The van der Waals surface area contributed by atoms with Crippen LogP contribution in [0, 0.1) is 6.92 Å². The van der Waals surface area contributed by atoms with E-state index in [4.69, 9.17) is 11.6 Å². The van der Waals surface area contributed by atoms with Crippen molar-refractivity contribution in [3.63, 3.8) is 0 Å². The van der Waals surface area contributed by atoms with Crippen LogP contribution in [0.15, 0.2) is 30.3 Å². The van der Waals surface area contributed by atoms with Gasteiger partial charge in [-0.25, -0.2) is 0 Å². The van der Waals surface area contributed by atoms with Gasteiger partial charge < -0.3 is 4.98 Å². The minimum atomic E-state index is 0.0128. The highest BCUT2D eigenvalue weighted by molar-refractivity contribution is 6.30. The minimum Gasteiger partial charge on any atom is -0.356 e. The van der Waals surface area contributed by atoms with Crippen LogP contribution in [-0.2, 0) is 6.42 Å². The molecule has 1 aromatic heterocycles. The maximum absolute atomic E-state index is 12.2. The third kappa shape index (κ3) is 2.42. The van der Waals surface area contributed by atoms with Gasteiger partial charge in [-0.3, -0.25) is 4.79 Å². The third-order valence-corrected chi connectivity index (χ3v) is 3.04. The van der Waals surface area contributed by atoms with Crippen molar-refractivity contribution in [3.05, 3.63) is 57.9 Å². The predicted molar refractivity (Wildman–Crippen MR) is 69.8 cm³/mol. The number of carbonyl (C=O) groups excluding carboxylic acids is 1. The highest BCUT2D eigenvalue weighted by Gasteiger charge is 2.14. The summed E-state index contributed by atoms with van der Waals surface area (Å²) in [6.45, 7) is 4.00. The van der Waals surface area contributed by atoms with Crippen molar-refractivity contribution in [1.82, 2.24) is 4.98 Å². The molecule has 88 valence electrons. The van der Waals surface area contributed by atoms with Gasteiger partial charge in [-0.1, -0.05) is 18.5 Å². The molecule has 1 heterocycles. The van der Waals surface area contributed by atoms with E-state index < -0.39 is 0 Å². The summed E-state index contributed by atoms with van der Waals surface area (Å²) in [6, 6.07) is 8.97. The van der Waals surface area contributed by atoms with Crippen LogP contribution in [0.25, 0.3) is 0 Å². The lowest BCUT2D eigenvalue weighted by molar-refractivity contribution is 0.103. The number of ketones is 1. The lowest BCUT2D eigenvalue weighted by atomic mass is 10.1. The molecule has 0 fully saturated rings. The van der Waals surface area contributed by atoms with Gasteiger partial charge in [-0.05, 0) is 49.2 Å². The number of H-pyrrole nitrogens is 1. The Morgan fingerprint density at radius 3 is 2.47 bits per heavy atom. The lowest BCUT2D eigenvalue weighted by Crippen LogP contribution is -2.03. The number of benzene rings is 1. The van der Waals surface area contributed by atoms with Crippen LogP contribution in [0.5, 0.6) is 0 Å². The first-order valence-corrected chi connectivity index (χ1v) is 5.98. The Hall–Kier alpha value is -1.54. The summed E-state index contributed by atoms with van der Waals surface area (Å²) in [5.74, 6) is 0.0128. The Bertz CT molecular complexity index is 540. The van der Waals surface area contributed by atoms with Gasteiger partial charge in [0.05, 0.1) is 5.69 Å². The normalized spacial score (nSPS) is 10.5. The molecule has 0 bridgehead atoms. The molecular formula is C14H14ClNO. The SMILES string of the molecule is CCc1cc(C)c(C(=O)c2ccc(Cl)cc2)[nH]1. The van der Waals surface area contributed by atoms with Crippen LogP contribution in [0.1, 0.15) is 34.2 Å². The van der Waals surface area contributed by atoms with Gasteiger partial charge in [-0.15, -0.1) is 0 Å². The number of aromatic amines is 1. The Morgan fingerprint density at radius 1 is 1.29 bits per heavy atom. The van der Waals surface area contributed by atoms with Crippen molar-refractivity contribution >= 4 is 17.4 Å². The quantitative estimate of drug-likeness (QED) is 0.823. The summed E-state index contributed by atoms with van der Waals surface area (Å²) in [5, 5.41) is 0.638. The van der Waals surface area contributed by atoms with Crippen molar-refractivity contribution in [2.24, 2.45) is 0 Å². The van der Waals surface area contributed by atoms with Crippen molar-refractivity contribution in [3.8, 4) is 0 Å². The van der Waals surface area contributed by atoms with Crippen LogP contribution >= 0.6 is 11.6 Å². The van der Waals surface area contributed by atoms with Crippen LogP contribution < -0.4 is 0 Å². The Labute approximate surface area is 106 Å². The molecule has 2 nitrogen and oxygen atoms in total. The van der Waals surface area contributed by atoms with Gasteiger partial charge in [0, 0.05) is 16.3 Å². The topological polar surface area (TPSA) is 32.9 Å². The smallest absolute Gasteiger partial charge is 0.209 e. The van der Waals surface area contributed by atoms with E-state index >= 15 is 0 Å². The fraction of sp³-hybridized carbons (Fsp3) is 0.214. The summed E-state index contributed by atoms with van der Waals surface area (Å²) in [7, 11) is 0. The number of rotatable bonds is 3. The van der Waals surface area contributed by atoms with E-state index in [2.05, 4.69) is 11.9 Å². The zero-order valence-corrected chi connectivity index (χ0v) is 10.6. The minimum absolute atomic E-state index is 0.0128. The van der Waals surface area contributed by atoms with E-state index in [1.54, 1.807) is 24.3 Å². The molecule has 0 saturated heterocycles. The highest BCUT2D eigenvalue weighted by Crippen LogP contribution is 2.17. The Kier molecular flexibility index (Phi) is 3.34. The van der Waals surface area contributed by atoms with Crippen molar-refractivity contribution < 1.29 is 4.79 Å². The molecule has 0 radical (unpaired) electrons. The molecule has 0 saturated carbocycles. The maximum atomic E-state index is 12.2. The Balaban J connectivity index is 2.36. The first kappa shape index (κ1) is 11.9. The molecule has 1 N–H and O–H groups in total. The lowest BCUT2D eigenvalue weighted by Gasteiger charge is -2.00. The first-order chi connectivity index (χ1) is 8.11. The number of hydrogen-bond donors (Lipinski definition) is 1. The molecule has 1 aromatic carbocycles. The highest BCUT2D eigenvalue weighted by atomic mass is 35.5. The van der Waals surface area contributed by atoms with Crippen LogP contribution in [0.4, 0.5) is 0 Å². The molecular weight excluding hydrogens is 234 g/mol. The molecule has 0 aliphatic carbocycles. The van der Waals surface area contributed by atoms with Gasteiger partial charge in [0.1, 0.15) is 0 Å². The molecule has 0 spiro atoms. The third-order valence-electron chi connectivity index (χ3n) is 2.79. The summed E-state index contributed by atoms with van der Waals surface area (Å²) >= 11 is 5.80. The molecule has 17 heavy (non-hydrogen) atoms. The van der Waals surface area contributed by atoms with E-state index in [9.17, 15) is 4.79 Å². The van der Waals surface area contributed by atoms with Gasteiger partial charge in [0.2, 0.25) is 5.78 Å².